The third-order valence-electron chi connectivity index (χ3n) is 4.32. The molecule has 0 aliphatic carbocycles. The van der Waals surface area contributed by atoms with E-state index in [1.165, 1.54) is 6.42 Å². The molecule has 0 spiro atoms. The number of hydrogen-bond donors (Lipinski definition) is 2. The molecule has 140 valence electrons. The highest BCUT2D eigenvalue weighted by molar-refractivity contribution is 6.04. The average Bonchev–Trinajstić information content (AvgIpc) is 2.59. The van der Waals surface area contributed by atoms with Crippen LogP contribution in [0.5, 0.6) is 0 Å². The molecule has 0 radical (unpaired) electrons. The van der Waals surface area contributed by atoms with Crippen molar-refractivity contribution in [2.45, 2.75) is 59.8 Å². The maximum Gasteiger partial charge on any atom is 0.274 e. The zero-order chi connectivity index (χ0) is 19.1. The summed E-state index contributed by atoms with van der Waals surface area (Å²) in [7, 11) is 0. The van der Waals surface area contributed by atoms with Crippen molar-refractivity contribution in [3.8, 4) is 0 Å². The molecule has 0 aliphatic rings. The summed E-state index contributed by atoms with van der Waals surface area (Å²) in [5.41, 5.74) is 4.21. The third-order valence-corrected chi connectivity index (χ3v) is 4.32. The van der Waals surface area contributed by atoms with E-state index in [1.807, 2.05) is 26.0 Å². The van der Waals surface area contributed by atoms with E-state index in [2.05, 4.69) is 47.4 Å². The van der Waals surface area contributed by atoms with Gasteiger partial charge in [0.1, 0.15) is 5.69 Å². The highest BCUT2D eigenvalue weighted by Crippen LogP contribution is 2.27. The number of nitrogens with zero attached hydrogens (tertiary/aromatic N) is 2. The summed E-state index contributed by atoms with van der Waals surface area (Å²) in [5.74, 6) is 0.636. The maximum atomic E-state index is 12.8. The predicted molar refractivity (Wildman–Crippen MR) is 108 cm³/mol. The average molecular weight is 354 g/mol. The molecular formula is C21H30N4O. The molecule has 0 aliphatic heterocycles. The van der Waals surface area contributed by atoms with E-state index < -0.39 is 0 Å². The minimum atomic E-state index is -0.205. The first kappa shape index (κ1) is 19.9. The number of anilines is 2. The summed E-state index contributed by atoms with van der Waals surface area (Å²) >= 11 is 0. The van der Waals surface area contributed by atoms with Crippen LogP contribution in [-0.2, 0) is 0 Å². The van der Waals surface area contributed by atoms with Crippen LogP contribution in [0.25, 0.3) is 0 Å². The molecule has 0 unspecified atom stereocenters. The number of aryl methyl sites for hydroxylation is 2. The van der Waals surface area contributed by atoms with Crippen molar-refractivity contribution in [3.05, 3.63) is 46.8 Å². The topological polar surface area (TPSA) is 66.9 Å². The number of benzene rings is 1. The Hall–Kier alpha value is -2.43. The van der Waals surface area contributed by atoms with Crippen molar-refractivity contribution in [3.63, 3.8) is 0 Å². The largest absolute Gasteiger partial charge is 0.354 e. The van der Waals surface area contributed by atoms with Gasteiger partial charge >= 0.3 is 0 Å². The molecule has 2 rings (SSSR count). The second-order valence-electron chi connectivity index (χ2n) is 7.00. The quantitative estimate of drug-likeness (QED) is 0.649. The summed E-state index contributed by atoms with van der Waals surface area (Å²) in [6.07, 6.45) is 3.40. The number of rotatable bonds is 8. The standard InChI is InChI=1S/C21H30N4O/c1-6-7-8-12-22-21-23-16(5)13-18(24-21)20(26)25-19-15(4)10-9-11-17(19)14(2)3/h9-11,13-14H,6-8,12H2,1-5H3,(H,25,26)(H,22,23,24). The number of nitrogens with one attached hydrogen (secondary N) is 2. The van der Waals surface area contributed by atoms with Gasteiger partial charge in [0.05, 0.1) is 0 Å². The number of carbonyl (C=O) groups excluding carboxylic acids is 1. The lowest BCUT2D eigenvalue weighted by atomic mass is 9.98. The molecule has 1 amide bonds. The van der Waals surface area contributed by atoms with Crippen molar-refractivity contribution in [1.82, 2.24) is 9.97 Å². The van der Waals surface area contributed by atoms with Crippen LogP contribution >= 0.6 is 0 Å². The molecule has 5 heteroatoms. The van der Waals surface area contributed by atoms with Crippen molar-refractivity contribution < 1.29 is 4.79 Å². The van der Waals surface area contributed by atoms with E-state index in [1.54, 1.807) is 6.07 Å². The number of amides is 1. The van der Waals surface area contributed by atoms with Gasteiger partial charge in [-0.2, -0.15) is 0 Å². The molecular weight excluding hydrogens is 324 g/mol. The van der Waals surface area contributed by atoms with Gasteiger partial charge in [-0.15, -0.1) is 0 Å². The fourth-order valence-electron chi connectivity index (χ4n) is 2.86. The Morgan fingerprint density at radius 2 is 1.92 bits per heavy atom. The molecule has 0 saturated carbocycles. The Bertz CT molecular complexity index is 756. The third kappa shape index (κ3) is 5.28. The number of hydrogen-bond acceptors (Lipinski definition) is 4. The van der Waals surface area contributed by atoms with Crippen LogP contribution in [0.3, 0.4) is 0 Å². The van der Waals surface area contributed by atoms with E-state index >= 15 is 0 Å². The number of carbonyl (C=O) groups is 1. The molecule has 1 heterocycles. The van der Waals surface area contributed by atoms with Crippen LogP contribution in [0.2, 0.25) is 0 Å². The van der Waals surface area contributed by atoms with E-state index in [4.69, 9.17) is 0 Å². The number of aromatic nitrogens is 2. The number of unbranched alkanes of at least 4 members (excludes halogenated alkanes) is 2. The maximum absolute atomic E-state index is 12.8. The Balaban J connectivity index is 2.19. The predicted octanol–water partition coefficient (Wildman–Crippen LogP) is 5.07. The van der Waals surface area contributed by atoms with E-state index in [-0.39, 0.29) is 5.91 Å². The first-order chi connectivity index (χ1) is 12.4. The van der Waals surface area contributed by atoms with E-state index in [9.17, 15) is 4.79 Å². The minimum absolute atomic E-state index is 0.205. The zero-order valence-corrected chi connectivity index (χ0v) is 16.5. The fourth-order valence-corrected chi connectivity index (χ4v) is 2.86. The van der Waals surface area contributed by atoms with Crippen LogP contribution in [-0.4, -0.2) is 22.4 Å². The van der Waals surface area contributed by atoms with Crippen molar-refractivity contribution >= 4 is 17.5 Å². The highest BCUT2D eigenvalue weighted by Gasteiger charge is 2.15. The Morgan fingerprint density at radius 1 is 1.15 bits per heavy atom. The Morgan fingerprint density at radius 3 is 2.62 bits per heavy atom. The smallest absolute Gasteiger partial charge is 0.274 e. The first-order valence-corrected chi connectivity index (χ1v) is 9.42. The van der Waals surface area contributed by atoms with Crippen LogP contribution in [0.4, 0.5) is 11.6 Å². The second-order valence-corrected chi connectivity index (χ2v) is 7.00. The van der Waals surface area contributed by atoms with Gasteiger partial charge in [-0.1, -0.05) is 51.8 Å². The SMILES string of the molecule is CCCCCNc1nc(C)cc(C(=O)Nc2c(C)cccc2C(C)C)n1. The van der Waals surface area contributed by atoms with Crippen molar-refractivity contribution in [2.75, 3.05) is 17.2 Å². The van der Waals surface area contributed by atoms with Crippen molar-refractivity contribution in [2.24, 2.45) is 0 Å². The van der Waals surface area contributed by atoms with Gasteiger partial charge in [0, 0.05) is 17.9 Å². The van der Waals surface area contributed by atoms with Gasteiger partial charge in [-0.3, -0.25) is 4.79 Å². The summed E-state index contributed by atoms with van der Waals surface area (Å²) < 4.78 is 0. The Labute approximate surface area is 156 Å². The summed E-state index contributed by atoms with van der Waals surface area (Å²) in [4.78, 5) is 21.6. The minimum Gasteiger partial charge on any atom is -0.354 e. The summed E-state index contributed by atoms with van der Waals surface area (Å²) in [6, 6.07) is 7.81. The molecule has 1 aromatic carbocycles. The van der Waals surface area contributed by atoms with E-state index in [0.29, 0.717) is 17.6 Å². The molecule has 0 atom stereocenters. The monoisotopic (exact) mass is 354 g/mol. The van der Waals surface area contributed by atoms with Crippen molar-refractivity contribution in [1.29, 1.82) is 0 Å². The lowest BCUT2D eigenvalue weighted by Gasteiger charge is -2.16. The second kappa shape index (κ2) is 9.32. The normalized spacial score (nSPS) is 10.8. The van der Waals surface area contributed by atoms with Crippen LogP contribution in [0.15, 0.2) is 24.3 Å². The summed E-state index contributed by atoms with van der Waals surface area (Å²) in [6.45, 7) is 11.1. The van der Waals surface area contributed by atoms with Gasteiger partial charge in [-0.25, -0.2) is 9.97 Å². The Kier molecular flexibility index (Phi) is 7.13. The molecule has 26 heavy (non-hydrogen) atoms. The van der Waals surface area contributed by atoms with Gasteiger partial charge in [0.2, 0.25) is 5.95 Å². The molecule has 0 saturated heterocycles. The first-order valence-electron chi connectivity index (χ1n) is 9.42. The van der Waals surface area contributed by atoms with Crippen LogP contribution in [0, 0.1) is 13.8 Å². The lowest BCUT2D eigenvalue weighted by molar-refractivity contribution is 0.102. The molecule has 2 aromatic rings. The molecule has 0 fully saturated rings. The number of para-hydroxylation sites is 1. The molecule has 0 bridgehead atoms. The van der Waals surface area contributed by atoms with Crippen LogP contribution < -0.4 is 10.6 Å². The molecule has 5 nitrogen and oxygen atoms in total. The van der Waals surface area contributed by atoms with Gasteiger partial charge in [-0.05, 0) is 43.4 Å². The van der Waals surface area contributed by atoms with Gasteiger partial charge < -0.3 is 10.6 Å². The molecule has 1 aromatic heterocycles. The van der Waals surface area contributed by atoms with E-state index in [0.717, 1.165) is 41.9 Å². The molecule has 2 N–H and O–H groups in total. The lowest BCUT2D eigenvalue weighted by Crippen LogP contribution is -2.18. The fraction of sp³-hybridized carbons (Fsp3) is 0.476. The summed E-state index contributed by atoms with van der Waals surface area (Å²) in [5, 5.41) is 6.27. The highest BCUT2D eigenvalue weighted by atomic mass is 16.1. The van der Waals surface area contributed by atoms with Gasteiger partial charge in [0.15, 0.2) is 0 Å². The van der Waals surface area contributed by atoms with Gasteiger partial charge in [0.25, 0.3) is 5.91 Å². The zero-order valence-electron chi connectivity index (χ0n) is 16.5. The van der Waals surface area contributed by atoms with Crippen LogP contribution in [0.1, 0.15) is 73.3 Å².